The largest absolute Gasteiger partial charge is 0.484 e. The van der Waals surface area contributed by atoms with Gasteiger partial charge in [0.05, 0.1) is 34.9 Å². The molecular formula is C31H36FN7O3S. The van der Waals surface area contributed by atoms with Crippen LogP contribution in [0.4, 0.5) is 21.6 Å². The van der Waals surface area contributed by atoms with Crippen molar-refractivity contribution < 1.29 is 18.1 Å². The van der Waals surface area contributed by atoms with Crippen molar-refractivity contribution in [2.45, 2.75) is 38.8 Å². The highest BCUT2D eigenvalue weighted by atomic mass is 32.2. The van der Waals surface area contributed by atoms with Crippen LogP contribution in [0.3, 0.4) is 0 Å². The first kappa shape index (κ1) is 30.2. The lowest BCUT2D eigenvalue weighted by Gasteiger charge is -2.22. The van der Waals surface area contributed by atoms with E-state index in [1.165, 1.54) is 12.1 Å². The van der Waals surface area contributed by atoms with Crippen LogP contribution >= 0.6 is 0 Å². The third kappa shape index (κ3) is 6.70. The van der Waals surface area contributed by atoms with Gasteiger partial charge in [0.25, 0.3) is 0 Å². The van der Waals surface area contributed by atoms with Gasteiger partial charge in [-0.25, -0.2) is 13.6 Å². The second kappa shape index (κ2) is 13.3. The molecule has 0 bridgehead atoms. The molecule has 1 fully saturated rings. The minimum Gasteiger partial charge on any atom is -0.484 e. The second-order valence-electron chi connectivity index (χ2n) is 10.2. The summed E-state index contributed by atoms with van der Waals surface area (Å²) in [6.45, 7) is 5.08. The summed E-state index contributed by atoms with van der Waals surface area (Å²) in [5.74, 6) is 0.659. The van der Waals surface area contributed by atoms with E-state index < -0.39 is 17.1 Å². The van der Waals surface area contributed by atoms with Gasteiger partial charge in [-0.2, -0.15) is 5.10 Å². The first-order valence-electron chi connectivity index (χ1n) is 14.2. The lowest BCUT2D eigenvalue weighted by molar-refractivity contribution is 0.0662. The molecule has 226 valence electrons. The smallest absolute Gasteiger partial charge is 0.144 e. The number of rotatable bonds is 11. The lowest BCUT2D eigenvalue weighted by Crippen LogP contribution is -2.19. The zero-order chi connectivity index (χ0) is 30.5. The Hall–Kier alpha value is -4.29. The van der Waals surface area contributed by atoms with Crippen LogP contribution in [0.1, 0.15) is 55.5 Å². The molecule has 0 aliphatic carbocycles. The Morgan fingerprint density at radius 1 is 1.23 bits per heavy atom. The molecule has 5 N–H and O–H groups in total. The fourth-order valence-electron chi connectivity index (χ4n) is 5.08. The van der Waals surface area contributed by atoms with E-state index in [0.717, 1.165) is 29.5 Å². The third-order valence-corrected chi connectivity index (χ3v) is 8.46. The molecule has 0 spiro atoms. The number of aromatic nitrogens is 3. The Labute approximate surface area is 252 Å². The van der Waals surface area contributed by atoms with Crippen LogP contribution in [0, 0.1) is 11.2 Å². The maximum atomic E-state index is 13.5. The molecule has 4 aromatic rings. The zero-order valence-corrected chi connectivity index (χ0v) is 25.2. The average molecular weight is 606 g/mol. The highest BCUT2D eigenvalue weighted by Gasteiger charge is 2.23. The van der Waals surface area contributed by atoms with Gasteiger partial charge in [-0.15, -0.1) is 0 Å². The quantitative estimate of drug-likeness (QED) is 0.161. The van der Waals surface area contributed by atoms with E-state index in [1.807, 2.05) is 24.7 Å². The zero-order valence-electron chi connectivity index (χ0n) is 24.4. The highest BCUT2D eigenvalue weighted by Crippen LogP contribution is 2.37. The first-order valence-corrected chi connectivity index (χ1v) is 15.5. The molecule has 0 saturated carbocycles. The van der Waals surface area contributed by atoms with Crippen molar-refractivity contribution in [2.24, 2.45) is 0 Å². The van der Waals surface area contributed by atoms with Gasteiger partial charge in [0.1, 0.15) is 34.5 Å². The normalized spacial score (nSPS) is 15.1. The van der Waals surface area contributed by atoms with E-state index in [-0.39, 0.29) is 23.4 Å². The maximum Gasteiger partial charge on any atom is 0.144 e. The molecule has 0 radical (unpaired) electrons. The highest BCUT2D eigenvalue weighted by molar-refractivity contribution is 7.86. The Morgan fingerprint density at radius 3 is 2.67 bits per heavy atom. The monoisotopic (exact) mass is 605 g/mol. The number of nitrogens with one attached hydrogen (secondary N) is 3. The number of ether oxygens (including phenoxy) is 2. The summed E-state index contributed by atoms with van der Waals surface area (Å²) in [5.41, 5.74) is 11.0. The molecule has 2 unspecified atom stereocenters. The van der Waals surface area contributed by atoms with Crippen molar-refractivity contribution in [2.75, 3.05) is 41.8 Å². The van der Waals surface area contributed by atoms with Gasteiger partial charge in [-0.3, -0.25) is 10.1 Å². The minimum absolute atomic E-state index is 0.135. The van der Waals surface area contributed by atoms with Crippen molar-refractivity contribution in [1.82, 2.24) is 14.8 Å². The molecule has 10 nitrogen and oxygen atoms in total. The molecule has 2 aromatic heterocycles. The number of anilines is 3. The Balaban J connectivity index is 1.50. The van der Waals surface area contributed by atoms with Gasteiger partial charge < -0.3 is 25.2 Å². The number of benzene rings is 2. The van der Waals surface area contributed by atoms with E-state index in [0.29, 0.717) is 47.2 Å². The van der Waals surface area contributed by atoms with Crippen LogP contribution in [0.25, 0.3) is 11.1 Å². The van der Waals surface area contributed by atoms with E-state index in [9.17, 15) is 14.0 Å². The summed E-state index contributed by atoms with van der Waals surface area (Å²) in [6.07, 6.45) is 6.83. The fraction of sp³-hybridized carbons (Fsp3) is 0.323. The van der Waals surface area contributed by atoms with Crippen LogP contribution < -0.4 is 20.5 Å². The van der Waals surface area contributed by atoms with Crippen molar-refractivity contribution in [3.63, 3.8) is 0 Å². The van der Waals surface area contributed by atoms with Gasteiger partial charge in [0, 0.05) is 55.1 Å². The minimum atomic E-state index is -1.33. The van der Waals surface area contributed by atoms with E-state index >= 15 is 0 Å². The van der Waals surface area contributed by atoms with Gasteiger partial charge in [-0.05, 0) is 49.6 Å². The number of hydrogen-bond acceptors (Lipinski definition) is 8. The number of nitrogens with zero attached hydrogens (tertiary/aromatic N) is 3. The predicted molar refractivity (Wildman–Crippen MR) is 169 cm³/mol. The van der Waals surface area contributed by atoms with E-state index in [2.05, 4.69) is 20.1 Å². The molecular weight excluding hydrogens is 569 g/mol. The van der Waals surface area contributed by atoms with Gasteiger partial charge in [0.2, 0.25) is 0 Å². The van der Waals surface area contributed by atoms with Crippen molar-refractivity contribution in [1.29, 1.82) is 5.41 Å². The molecule has 1 aliphatic heterocycles. The van der Waals surface area contributed by atoms with Crippen molar-refractivity contribution in [3.05, 3.63) is 83.6 Å². The van der Waals surface area contributed by atoms with E-state index in [1.54, 1.807) is 49.8 Å². The predicted octanol–water partition coefficient (Wildman–Crippen LogP) is 5.71. The summed E-state index contributed by atoms with van der Waals surface area (Å²) in [6, 6.07) is 11.5. The van der Waals surface area contributed by atoms with E-state index in [4.69, 9.17) is 15.2 Å². The Bertz CT molecular complexity index is 1620. The third-order valence-electron chi connectivity index (χ3n) is 7.49. The van der Waals surface area contributed by atoms with Gasteiger partial charge in [-0.1, -0.05) is 25.1 Å². The molecule has 5 rings (SSSR count). The summed E-state index contributed by atoms with van der Waals surface area (Å²) in [5, 5.41) is 17.1. The number of nitrogens with two attached hydrogens (primary N) is 1. The summed E-state index contributed by atoms with van der Waals surface area (Å²) in [7, 11) is 0.456. The number of halogens is 1. The molecule has 3 heterocycles. The summed E-state index contributed by atoms with van der Waals surface area (Å²) < 4.78 is 42.6. The number of pyridine rings is 1. The van der Waals surface area contributed by atoms with Crippen LogP contribution in [-0.4, -0.2) is 50.7 Å². The Morgan fingerprint density at radius 2 is 1.98 bits per heavy atom. The summed E-state index contributed by atoms with van der Waals surface area (Å²) in [4.78, 5) is 4.44. The average Bonchev–Trinajstić information content (AvgIpc) is 3.52. The first-order chi connectivity index (χ1) is 20.8. The molecule has 2 atom stereocenters. The topological polar surface area (TPSA) is 140 Å². The van der Waals surface area contributed by atoms with Crippen LogP contribution in [0.15, 0.2) is 61.1 Å². The SMILES string of the molecule is CCS(=O)Nc1ccc(C(=N)c2c(N)ncc(-c3cnn(C4CCOCC4)c3)c2NC)cc1OC(C)c1ccc(F)cc1. The molecule has 1 saturated heterocycles. The molecule has 12 heteroatoms. The van der Waals surface area contributed by atoms with Crippen LogP contribution in [0.2, 0.25) is 0 Å². The van der Waals surface area contributed by atoms with Gasteiger partial charge >= 0.3 is 0 Å². The lowest BCUT2D eigenvalue weighted by atomic mass is 9.97. The van der Waals surface area contributed by atoms with Crippen LogP contribution in [-0.2, 0) is 15.7 Å². The number of nitrogen functional groups attached to an aromatic ring is 1. The van der Waals surface area contributed by atoms with Gasteiger partial charge in [0.15, 0.2) is 0 Å². The second-order valence-corrected chi connectivity index (χ2v) is 11.7. The molecule has 1 aliphatic rings. The maximum absolute atomic E-state index is 13.5. The molecule has 0 amide bonds. The standard InChI is InChI=1S/C31H36FN7O3S/c1-4-43(40)38-26-10-7-21(15-27(26)42-19(2)20-5-8-23(32)9-6-20)29(33)28-30(35-3)25(17-36-31(28)34)22-16-37-39(18-22)24-11-13-41-14-12-24/h5-10,15-19,24,33,38H,4,11-14H2,1-3H3,(H3,34,35,36). The number of hydrogen-bond donors (Lipinski definition) is 4. The summed E-state index contributed by atoms with van der Waals surface area (Å²) >= 11 is 0. The van der Waals surface area contributed by atoms with Crippen molar-refractivity contribution in [3.8, 4) is 16.9 Å². The fourth-order valence-corrected chi connectivity index (χ4v) is 5.63. The van der Waals surface area contributed by atoms with Crippen molar-refractivity contribution >= 4 is 33.9 Å². The molecule has 43 heavy (non-hydrogen) atoms. The van der Waals surface area contributed by atoms with Crippen LogP contribution in [0.5, 0.6) is 5.75 Å². The Kier molecular flexibility index (Phi) is 9.37. The molecule has 2 aromatic carbocycles.